The van der Waals surface area contributed by atoms with Crippen LogP contribution in [-0.4, -0.2) is 17.9 Å². The van der Waals surface area contributed by atoms with Crippen LogP contribution < -0.4 is 4.74 Å². The summed E-state index contributed by atoms with van der Waals surface area (Å²) in [4.78, 5) is 3.77. The highest BCUT2D eigenvalue weighted by Crippen LogP contribution is 2.43. The van der Waals surface area contributed by atoms with Gasteiger partial charge in [0.1, 0.15) is 18.0 Å². The lowest BCUT2D eigenvalue weighted by atomic mass is 9.75. The van der Waals surface area contributed by atoms with Crippen LogP contribution in [0.1, 0.15) is 74.1 Å². The summed E-state index contributed by atoms with van der Waals surface area (Å²) in [5.74, 6) is -7.87. The smallest absolute Gasteiger partial charge is 0.206 e. The van der Waals surface area contributed by atoms with Crippen molar-refractivity contribution in [3.8, 4) is 11.5 Å². The van der Waals surface area contributed by atoms with E-state index in [4.69, 9.17) is 4.74 Å². The number of benzene rings is 3. The van der Waals surface area contributed by atoms with E-state index in [0.717, 1.165) is 55.0 Å². The maximum absolute atomic E-state index is 14.7. The van der Waals surface area contributed by atoms with Gasteiger partial charge in [-0.05, 0) is 41.5 Å². The molecule has 1 aliphatic carbocycles. The Morgan fingerprint density at radius 2 is 1.58 bits per heavy atom. The minimum absolute atomic E-state index is 0.0547. The van der Waals surface area contributed by atoms with E-state index in [2.05, 4.69) is 11.6 Å². The van der Waals surface area contributed by atoms with Crippen LogP contribution >= 0.6 is 0 Å². The van der Waals surface area contributed by atoms with Crippen molar-refractivity contribution in [2.24, 2.45) is 4.99 Å². The van der Waals surface area contributed by atoms with E-state index in [0.29, 0.717) is 0 Å². The van der Waals surface area contributed by atoms with E-state index in [1.807, 2.05) is 50.2 Å². The molecule has 1 aliphatic rings. The Morgan fingerprint density at radius 3 is 2.18 bits per heavy atom. The maximum Gasteiger partial charge on any atom is 0.206 e. The van der Waals surface area contributed by atoms with Gasteiger partial charge in [-0.3, -0.25) is 0 Å². The van der Waals surface area contributed by atoms with Gasteiger partial charge in [-0.15, -0.1) is 0 Å². The number of hydrogen-bond donors (Lipinski definition) is 1. The highest BCUT2D eigenvalue weighted by atomic mass is 19.2. The van der Waals surface area contributed by atoms with Crippen LogP contribution in [0.25, 0.3) is 0 Å². The van der Waals surface area contributed by atoms with Crippen molar-refractivity contribution in [2.45, 2.75) is 57.3 Å². The molecular formula is C31H31F4NO2. The van der Waals surface area contributed by atoms with Crippen molar-refractivity contribution in [1.29, 1.82) is 0 Å². The largest absolute Gasteiger partial charge is 0.507 e. The Hall–Kier alpha value is -3.61. The van der Waals surface area contributed by atoms with E-state index in [9.17, 15) is 22.7 Å². The summed E-state index contributed by atoms with van der Waals surface area (Å²) in [6, 6.07) is 13.5. The fourth-order valence-electron chi connectivity index (χ4n) is 5.00. The number of nitrogens with zero attached hydrogens (tertiary/aromatic N) is 1. The molecule has 7 heteroatoms. The van der Waals surface area contributed by atoms with Crippen molar-refractivity contribution in [2.75, 3.05) is 6.61 Å². The SMILES string of the molecule is C=CCOc1c(F)c(F)c(N=Cc2cc(C(C)(C)c3ccccc3)cc(C3CCCCC3)c2O)c(F)c1F. The molecule has 0 radical (unpaired) electrons. The molecule has 0 bridgehead atoms. The van der Waals surface area contributed by atoms with Crippen LogP contribution in [0.5, 0.6) is 11.5 Å². The summed E-state index contributed by atoms with van der Waals surface area (Å²) >= 11 is 0. The molecule has 0 atom stereocenters. The molecule has 38 heavy (non-hydrogen) atoms. The molecule has 1 fully saturated rings. The number of halogens is 4. The first-order valence-corrected chi connectivity index (χ1v) is 12.7. The second-order valence-corrected chi connectivity index (χ2v) is 10.1. The minimum atomic E-state index is -1.69. The molecule has 1 N–H and O–H groups in total. The van der Waals surface area contributed by atoms with Crippen molar-refractivity contribution in [3.63, 3.8) is 0 Å². The quantitative estimate of drug-likeness (QED) is 0.138. The van der Waals surface area contributed by atoms with Gasteiger partial charge in [-0.2, -0.15) is 8.78 Å². The lowest BCUT2D eigenvalue weighted by molar-refractivity contribution is 0.303. The number of hydrogen-bond acceptors (Lipinski definition) is 3. The minimum Gasteiger partial charge on any atom is -0.507 e. The number of ether oxygens (including phenoxy) is 1. The van der Waals surface area contributed by atoms with Gasteiger partial charge in [0.15, 0.2) is 17.4 Å². The van der Waals surface area contributed by atoms with E-state index in [1.54, 1.807) is 6.07 Å². The number of aromatic hydroxyl groups is 1. The van der Waals surface area contributed by atoms with E-state index in [1.165, 1.54) is 6.08 Å². The third-order valence-corrected chi connectivity index (χ3v) is 7.31. The average molecular weight is 526 g/mol. The van der Waals surface area contributed by atoms with Crippen molar-refractivity contribution < 1.29 is 27.4 Å². The molecule has 3 aromatic rings. The van der Waals surface area contributed by atoms with E-state index in [-0.39, 0.29) is 23.8 Å². The first-order valence-electron chi connectivity index (χ1n) is 12.7. The number of phenols is 1. The van der Waals surface area contributed by atoms with Crippen LogP contribution in [0.15, 0.2) is 60.1 Å². The van der Waals surface area contributed by atoms with Gasteiger partial charge in [-0.1, -0.05) is 82.2 Å². The van der Waals surface area contributed by atoms with Crippen LogP contribution in [0.3, 0.4) is 0 Å². The standard InChI is InChI=1S/C31H31F4NO2/c1-4-15-38-30-26(34)24(32)28(25(33)27(30)35)36-18-20-16-22(31(2,3)21-13-9-6-10-14-21)17-23(29(20)37)19-11-7-5-8-12-19/h4,6,9-10,13-14,16-19,37H,1,5,7-8,11-12,15H2,2-3H3. The van der Waals surface area contributed by atoms with Crippen LogP contribution in [0.4, 0.5) is 23.2 Å². The Labute approximate surface area is 220 Å². The molecule has 0 unspecified atom stereocenters. The van der Waals surface area contributed by atoms with Crippen LogP contribution in [0, 0.1) is 23.3 Å². The monoisotopic (exact) mass is 525 g/mol. The zero-order valence-electron chi connectivity index (χ0n) is 21.5. The second-order valence-electron chi connectivity index (χ2n) is 10.1. The molecular weight excluding hydrogens is 494 g/mol. The molecule has 0 aliphatic heterocycles. The summed E-state index contributed by atoms with van der Waals surface area (Å²) in [6.07, 6.45) is 7.26. The molecule has 0 saturated heterocycles. The highest BCUT2D eigenvalue weighted by Gasteiger charge is 2.29. The lowest BCUT2D eigenvalue weighted by Crippen LogP contribution is -2.20. The van der Waals surface area contributed by atoms with Crippen molar-refractivity contribution in [3.05, 3.63) is 101 Å². The summed E-state index contributed by atoms with van der Waals surface area (Å²) in [6.45, 7) is 7.11. The van der Waals surface area contributed by atoms with Crippen LogP contribution in [0.2, 0.25) is 0 Å². The van der Waals surface area contributed by atoms with E-state index >= 15 is 0 Å². The molecule has 0 aromatic heterocycles. The van der Waals surface area contributed by atoms with Gasteiger partial charge in [0, 0.05) is 17.2 Å². The van der Waals surface area contributed by atoms with E-state index < -0.39 is 40.1 Å². The lowest BCUT2D eigenvalue weighted by Gasteiger charge is -2.30. The van der Waals surface area contributed by atoms with Gasteiger partial charge in [0.05, 0.1) is 0 Å². The van der Waals surface area contributed by atoms with Gasteiger partial charge >= 0.3 is 0 Å². The Balaban J connectivity index is 1.83. The summed E-state index contributed by atoms with van der Waals surface area (Å²) in [7, 11) is 0. The van der Waals surface area contributed by atoms with Gasteiger partial charge in [-0.25, -0.2) is 13.8 Å². The molecule has 200 valence electrons. The summed E-state index contributed by atoms with van der Waals surface area (Å²) < 4.78 is 63.2. The fourth-order valence-corrected chi connectivity index (χ4v) is 5.00. The molecule has 3 aromatic carbocycles. The van der Waals surface area contributed by atoms with Gasteiger partial charge in [0.2, 0.25) is 11.6 Å². The molecule has 0 amide bonds. The molecule has 1 saturated carbocycles. The zero-order chi connectivity index (χ0) is 27.4. The number of phenolic OH excluding ortho intramolecular Hbond substituents is 1. The summed E-state index contributed by atoms with van der Waals surface area (Å²) in [5, 5.41) is 11.2. The number of aliphatic imine (C=N–C) groups is 1. The van der Waals surface area contributed by atoms with Crippen molar-refractivity contribution >= 4 is 11.9 Å². The fraction of sp³-hybridized carbons (Fsp3) is 0.323. The Morgan fingerprint density at radius 1 is 0.947 bits per heavy atom. The molecule has 0 heterocycles. The second kappa shape index (κ2) is 11.4. The number of rotatable bonds is 8. The predicted octanol–water partition coefficient (Wildman–Crippen LogP) is 8.64. The van der Waals surface area contributed by atoms with Gasteiger partial charge in [0.25, 0.3) is 0 Å². The highest BCUT2D eigenvalue weighted by molar-refractivity contribution is 5.87. The first kappa shape index (κ1) is 27.4. The Kier molecular flexibility index (Phi) is 8.24. The third-order valence-electron chi connectivity index (χ3n) is 7.31. The van der Waals surface area contributed by atoms with Crippen LogP contribution in [-0.2, 0) is 5.41 Å². The molecule has 0 spiro atoms. The average Bonchev–Trinajstić information content (AvgIpc) is 2.93. The maximum atomic E-state index is 14.7. The molecule has 3 nitrogen and oxygen atoms in total. The Bertz CT molecular complexity index is 1320. The van der Waals surface area contributed by atoms with Crippen molar-refractivity contribution in [1.82, 2.24) is 0 Å². The van der Waals surface area contributed by atoms with Gasteiger partial charge < -0.3 is 9.84 Å². The zero-order valence-corrected chi connectivity index (χ0v) is 21.5. The first-order chi connectivity index (χ1) is 18.2. The third kappa shape index (κ3) is 5.33. The summed E-state index contributed by atoms with van der Waals surface area (Å²) in [5.41, 5.74) is 1.24. The molecule has 4 rings (SSSR count). The topological polar surface area (TPSA) is 41.8 Å². The normalized spacial score (nSPS) is 14.7. The predicted molar refractivity (Wildman–Crippen MR) is 142 cm³/mol.